The fraction of sp³-hybridized carbons (Fsp3) is 0.200. The van der Waals surface area contributed by atoms with Gasteiger partial charge in [-0.25, -0.2) is 4.90 Å². The van der Waals surface area contributed by atoms with Crippen LogP contribution in [0.3, 0.4) is 0 Å². The van der Waals surface area contributed by atoms with Crippen molar-refractivity contribution in [3.8, 4) is 0 Å². The standard InChI is InChI=1S/C20H15BrClN3O3/c1-10-14(22)4-3-5-15(10)25-18-16(17(23-25)11(2)26)19(27)24(20(18)28)13-8-6-12(21)7-9-13/h3-9,16,18H,1-2H3/t16-,18+/m0/s1. The molecule has 2 aromatic rings. The molecule has 1 fully saturated rings. The average Bonchev–Trinajstić information content (AvgIpc) is 3.16. The van der Waals surface area contributed by atoms with Crippen molar-refractivity contribution in [3.63, 3.8) is 0 Å². The number of hydrogen-bond acceptors (Lipinski definition) is 5. The Bertz CT molecular complexity index is 1050. The Morgan fingerprint density at radius 3 is 2.43 bits per heavy atom. The van der Waals surface area contributed by atoms with Crippen LogP contribution in [0.1, 0.15) is 12.5 Å². The van der Waals surface area contributed by atoms with Gasteiger partial charge in [0.05, 0.1) is 11.4 Å². The van der Waals surface area contributed by atoms with Crippen molar-refractivity contribution in [2.24, 2.45) is 11.0 Å². The van der Waals surface area contributed by atoms with Gasteiger partial charge in [-0.05, 0) is 48.9 Å². The van der Waals surface area contributed by atoms with Crippen LogP contribution >= 0.6 is 27.5 Å². The topological polar surface area (TPSA) is 70.1 Å². The van der Waals surface area contributed by atoms with Crippen molar-refractivity contribution in [2.45, 2.75) is 19.9 Å². The van der Waals surface area contributed by atoms with E-state index in [0.29, 0.717) is 16.4 Å². The number of hydrogen-bond donors (Lipinski definition) is 0. The highest BCUT2D eigenvalue weighted by Crippen LogP contribution is 2.40. The van der Waals surface area contributed by atoms with Gasteiger partial charge in [0.2, 0.25) is 5.91 Å². The van der Waals surface area contributed by atoms with E-state index < -0.39 is 23.8 Å². The summed E-state index contributed by atoms with van der Waals surface area (Å²) >= 11 is 9.57. The van der Waals surface area contributed by atoms with E-state index in [1.54, 1.807) is 42.5 Å². The largest absolute Gasteiger partial charge is 0.293 e. The predicted molar refractivity (Wildman–Crippen MR) is 111 cm³/mol. The summed E-state index contributed by atoms with van der Waals surface area (Å²) in [4.78, 5) is 39.7. The fourth-order valence-electron chi connectivity index (χ4n) is 3.59. The van der Waals surface area contributed by atoms with Gasteiger partial charge < -0.3 is 0 Å². The molecular formula is C20H15BrClN3O3. The second-order valence-electron chi connectivity index (χ2n) is 6.68. The van der Waals surface area contributed by atoms with Gasteiger partial charge >= 0.3 is 0 Å². The number of anilines is 2. The number of halogens is 2. The minimum absolute atomic E-state index is 0.0855. The number of fused-ring (bicyclic) bond motifs is 1. The highest BCUT2D eigenvalue weighted by Gasteiger charge is 2.58. The fourth-order valence-corrected chi connectivity index (χ4v) is 4.03. The lowest BCUT2D eigenvalue weighted by Crippen LogP contribution is -2.39. The molecule has 0 saturated carbocycles. The second kappa shape index (κ2) is 6.83. The predicted octanol–water partition coefficient (Wildman–Crippen LogP) is 3.73. The van der Waals surface area contributed by atoms with E-state index in [-0.39, 0.29) is 11.5 Å². The molecule has 28 heavy (non-hydrogen) atoms. The Morgan fingerprint density at radius 2 is 1.79 bits per heavy atom. The first-order chi connectivity index (χ1) is 13.3. The quantitative estimate of drug-likeness (QED) is 0.655. The molecular weight excluding hydrogens is 446 g/mol. The zero-order chi connectivity index (χ0) is 20.2. The van der Waals surface area contributed by atoms with E-state index in [1.807, 2.05) is 6.92 Å². The number of nitrogens with zero attached hydrogens (tertiary/aromatic N) is 3. The third kappa shape index (κ3) is 2.77. The van der Waals surface area contributed by atoms with Gasteiger partial charge in [0.15, 0.2) is 5.78 Å². The zero-order valence-corrected chi connectivity index (χ0v) is 17.4. The lowest BCUT2D eigenvalue weighted by Gasteiger charge is -2.24. The lowest BCUT2D eigenvalue weighted by molar-refractivity contribution is -0.122. The van der Waals surface area contributed by atoms with Crippen molar-refractivity contribution < 1.29 is 14.4 Å². The normalized spacial score (nSPS) is 21.2. The van der Waals surface area contributed by atoms with Crippen LogP contribution in [-0.4, -0.2) is 29.4 Å². The number of benzene rings is 2. The van der Waals surface area contributed by atoms with Crippen LogP contribution in [-0.2, 0) is 14.4 Å². The molecule has 0 aliphatic carbocycles. The van der Waals surface area contributed by atoms with Crippen molar-refractivity contribution in [2.75, 3.05) is 9.91 Å². The minimum atomic E-state index is -0.938. The Hall–Kier alpha value is -2.51. The lowest BCUT2D eigenvalue weighted by atomic mass is 9.95. The van der Waals surface area contributed by atoms with E-state index in [2.05, 4.69) is 21.0 Å². The Labute approximate surface area is 174 Å². The van der Waals surface area contributed by atoms with Crippen molar-refractivity contribution >= 4 is 62.2 Å². The van der Waals surface area contributed by atoms with Crippen molar-refractivity contribution in [1.82, 2.24) is 0 Å². The van der Waals surface area contributed by atoms with E-state index in [0.717, 1.165) is 14.9 Å². The van der Waals surface area contributed by atoms with Crippen LogP contribution < -0.4 is 9.91 Å². The summed E-state index contributed by atoms with van der Waals surface area (Å²) in [5, 5.41) is 6.33. The molecule has 0 bridgehead atoms. The molecule has 1 saturated heterocycles. The summed E-state index contributed by atoms with van der Waals surface area (Å²) in [5.74, 6) is -2.15. The maximum absolute atomic E-state index is 13.3. The first kappa shape index (κ1) is 18.8. The number of amides is 2. The third-order valence-corrected chi connectivity index (χ3v) is 5.92. The number of ketones is 1. The molecule has 142 valence electrons. The highest BCUT2D eigenvalue weighted by atomic mass is 79.9. The Kier molecular flexibility index (Phi) is 4.59. The van der Waals surface area contributed by atoms with Crippen LogP contribution in [0, 0.1) is 12.8 Å². The molecule has 2 amide bonds. The molecule has 2 atom stereocenters. The summed E-state index contributed by atoms with van der Waals surface area (Å²) in [5.41, 5.74) is 1.86. The number of carbonyl (C=O) groups excluding carboxylic acids is 3. The van der Waals surface area contributed by atoms with Gasteiger partial charge in [0.1, 0.15) is 17.7 Å². The maximum atomic E-state index is 13.3. The summed E-state index contributed by atoms with van der Waals surface area (Å²) in [6.45, 7) is 3.16. The molecule has 0 spiro atoms. The average molecular weight is 461 g/mol. The SMILES string of the molecule is CC(=O)C1=NN(c2cccc(Cl)c2C)[C@H]2C(=O)N(c3ccc(Br)cc3)C(=O)[C@@H]12. The number of imide groups is 1. The molecule has 2 aromatic carbocycles. The second-order valence-corrected chi connectivity index (χ2v) is 8.00. The van der Waals surface area contributed by atoms with Gasteiger partial charge in [0.25, 0.3) is 5.91 Å². The van der Waals surface area contributed by atoms with E-state index in [9.17, 15) is 14.4 Å². The summed E-state index contributed by atoms with van der Waals surface area (Å²) in [6.07, 6.45) is 0. The molecule has 0 unspecified atom stereocenters. The van der Waals surface area contributed by atoms with Crippen LogP contribution in [0.2, 0.25) is 5.02 Å². The van der Waals surface area contributed by atoms with Gasteiger partial charge in [-0.1, -0.05) is 33.6 Å². The first-order valence-corrected chi connectivity index (χ1v) is 9.75. The summed E-state index contributed by atoms with van der Waals surface area (Å²) < 4.78 is 0.831. The molecule has 2 aliphatic rings. The number of Topliss-reactive ketones (excluding diaryl/α,β-unsaturated/α-hetero) is 1. The molecule has 2 aliphatic heterocycles. The van der Waals surface area contributed by atoms with Crippen LogP contribution in [0.25, 0.3) is 0 Å². The van der Waals surface area contributed by atoms with Gasteiger partial charge in [0, 0.05) is 16.4 Å². The van der Waals surface area contributed by atoms with Crippen LogP contribution in [0.4, 0.5) is 11.4 Å². The maximum Gasteiger partial charge on any atom is 0.259 e. The minimum Gasteiger partial charge on any atom is -0.293 e. The number of hydrazone groups is 1. The van der Waals surface area contributed by atoms with Crippen molar-refractivity contribution in [1.29, 1.82) is 0 Å². The van der Waals surface area contributed by atoms with E-state index in [4.69, 9.17) is 11.6 Å². The molecule has 0 radical (unpaired) electrons. The Morgan fingerprint density at radius 1 is 1.11 bits per heavy atom. The molecule has 8 heteroatoms. The Balaban J connectivity index is 1.83. The third-order valence-electron chi connectivity index (χ3n) is 4.98. The summed E-state index contributed by atoms with van der Waals surface area (Å²) in [7, 11) is 0. The molecule has 0 N–H and O–H groups in total. The molecule has 4 rings (SSSR count). The molecule has 2 heterocycles. The zero-order valence-electron chi connectivity index (χ0n) is 15.0. The van der Waals surface area contributed by atoms with Crippen LogP contribution in [0.15, 0.2) is 52.0 Å². The highest BCUT2D eigenvalue weighted by molar-refractivity contribution is 9.10. The van der Waals surface area contributed by atoms with Crippen LogP contribution in [0.5, 0.6) is 0 Å². The smallest absolute Gasteiger partial charge is 0.259 e. The monoisotopic (exact) mass is 459 g/mol. The summed E-state index contributed by atoms with van der Waals surface area (Å²) in [6, 6.07) is 11.2. The molecule has 0 aromatic heterocycles. The van der Waals surface area contributed by atoms with Gasteiger partial charge in [-0.2, -0.15) is 5.10 Å². The van der Waals surface area contributed by atoms with E-state index >= 15 is 0 Å². The number of carbonyl (C=O) groups is 3. The first-order valence-electron chi connectivity index (χ1n) is 8.58. The van der Waals surface area contributed by atoms with Gasteiger partial charge in [-0.3, -0.25) is 19.4 Å². The van der Waals surface area contributed by atoms with Gasteiger partial charge in [-0.15, -0.1) is 0 Å². The number of rotatable bonds is 3. The van der Waals surface area contributed by atoms with E-state index in [1.165, 1.54) is 11.9 Å². The molecule has 6 nitrogen and oxygen atoms in total. The van der Waals surface area contributed by atoms with Crippen molar-refractivity contribution in [3.05, 3.63) is 57.5 Å².